The van der Waals surface area contributed by atoms with Crippen LogP contribution in [0.2, 0.25) is 0 Å². The van der Waals surface area contributed by atoms with Crippen LogP contribution < -0.4 is 16.0 Å². The number of ether oxygens (including phenoxy) is 2. The van der Waals surface area contributed by atoms with Crippen molar-refractivity contribution >= 4 is 34.6 Å². The third-order valence-electron chi connectivity index (χ3n) is 7.48. The Morgan fingerprint density at radius 1 is 0.822 bits per heavy atom. The van der Waals surface area contributed by atoms with Crippen molar-refractivity contribution in [1.82, 2.24) is 16.0 Å². The van der Waals surface area contributed by atoms with E-state index < -0.39 is 48.1 Å². The molecule has 0 saturated carbocycles. The lowest BCUT2D eigenvalue weighted by molar-refractivity contribution is -0.152. The number of carbonyl (C=O) groups is 4. The summed E-state index contributed by atoms with van der Waals surface area (Å²) in [5.41, 5.74) is 1.63. The Morgan fingerprint density at radius 2 is 1.49 bits per heavy atom. The lowest BCUT2D eigenvalue weighted by Crippen LogP contribution is -2.57. The molecule has 10 nitrogen and oxygen atoms in total. The first kappa shape index (κ1) is 35.0. The van der Waals surface area contributed by atoms with Crippen molar-refractivity contribution in [3.8, 4) is 0 Å². The maximum atomic E-state index is 13.8. The van der Waals surface area contributed by atoms with E-state index in [2.05, 4.69) is 20.7 Å². The van der Waals surface area contributed by atoms with Gasteiger partial charge in [-0.1, -0.05) is 106 Å². The van der Waals surface area contributed by atoms with Gasteiger partial charge in [0.05, 0.1) is 13.2 Å². The fraction of sp³-hybridized carbons (Fsp3) is 0.429. The number of nitrogens with one attached hydrogen (secondary N) is 3. The maximum absolute atomic E-state index is 13.8. The molecule has 0 aliphatic rings. The molecule has 0 aromatic heterocycles. The van der Waals surface area contributed by atoms with Gasteiger partial charge in [-0.05, 0) is 40.7 Å². The first-order valence-electron chi connectivity index (χ1n) is 15.4. The van der Waals surface area contributed by atoms with Gasteiger partial charge in [-0.15, -0.1) is 0 Å². The lowest BCUT2D eigenvalue weighted by Gasteiger charge is -2.28. The minimum atomic E-state index is -1.57. The number of rotatable bonds is 16. The molecule has 2 unspecified atom stereocenters. The molecule has 4 N–H and O–H groups in total. The van der Waals surface area contributed by atoms with Gasteiger partial charge >= 0.3 is 12.1 Å². The summed E-state index contributed by atoms with van der Waals surface area (Å²) in [6.45, 7) is 5.80. The van der Waals surface area contributed by atoms with Crippen molar-refractivity contribution in [2.45, 2.75) is 83.7 Å². The Morgan fingerprint density at radius 3 is 2.18 bits per heavy atom. The predicted octanol–water partition coefficient (Wildman–Crippen LogP) is 4.42. The highest BCUT2D eigenvalue weighted by atomic mass is 16.5. The molecule has 3 aromatic rings. The minimum absolute atomic E-state index is 0.0244. The van der Waals surface area contributed by atoms with Crippen LogP contribution >= 0.6 is 0 Å². The molecule has 3 amide bonds. The molecule has 10 heteroatoms. The average Bonchev–Trinajstić information content (AvgIpc) is 3.04. The molecular formula is C35H45N3O7. The van der Waals surface area contributed by atoms with Crippen LogP contribution in [-0.4, -0.2) is 60.3 Å². The standard InChI is InChI=1S/C35H45N3O7/c1-5-6-19-28(32(40)37-29(20-23(2)3)31(39)34(42)44-4)36-33(41)30(38-35(43)45-22-24-13-8-7-9-14-24)21-26-17-12-16-25-15-10-11-18-27(25)26/h7-18,23,28-31,39H,5-6,19-22H2,1-4H3,(H,36,41)(H,37,40)(H,38,43)/t28-,29?,30-,31?/m0/s1. The number of fused-ring (bicyclic) bond motifs is 1. The second-order valence-electron chi connectivity index (χ2n) is 11.5. The Hall–Kier alpha value is -4.44. The highest BCUT2D eigenvalue weighted by Crippen LogP contribution is 2.20. The van der Waals surface area contributed by atoms with Gasteiger partial charge in [0.15, 0.2) is 6.10 Å². The van der Waals surface area contributed by atoms with Crippen LogP contribution in [0.1, 0.15) is 57.6 Å². The zero-order valence-electron chi connectivity index (χ0n) is 26.5. The second-order valence-corrected chi connectivity index (χ2v) is 11.5. The number of alkyl carbamates (subject to hydrolysis) is 1. The first-order chi connectivity index (χ1) is 21.6. The normalized spacial score (nSPS) is 13.7. The smallest absolute Gasteiger partial charge is 0.408 e. The summed E-state index contributed by atoms with van der Waals surface area (Å²) in [7, 11) is 1.16. The number of unbranched alkanes of at least 4 members (excludes halogenated alkanes) is 1. The van der Waals surface area contributed by atoms with Crippen LogP contribution in [0.5, 0.6) is 0 Å². The van der Waals surface area contributed by atoms with Crippen molar-refractivity contribution in [1.29, 1.82) is 0 Å². The van der Waals surface area contributed by atoms with Gasteiger partial charge in [0, 0.05) is 6.42 Å². The molecule has 4 atom stereocenters. The van der Waals surface area contributed by atoms with E-state index in [1.807, 2.05) is 93.6 Å². The topological polar surface area (TPSA) is 143 Å². The SMILES string of the molecule is CCCC[C@H](NC(=O)[C@H](Cc1cccc2ccccc12)NC(=O)OCc1ccccc1)C(=O)NC(CC(C)C)C(O)C(=O)OC. The molecule has 0 saturated heterocycles. The van der Waals surface area contributed by atoms with Gasteiger partial charge < -0.3 is 30.5 Å². The number of methoxy groups -OCH3 is 1. The minimum Gasteiger partial charge on any atom is -0.467 e. The zero-order valence-corrected chi connectivity index (χ0v) is 26.5. The molecule has 0 radical (unpaired) electrons. The molecule has 0 bridgehead atoms. The van der Waals surface area contributed by atoms with Gasteiger partial charge in [-0.2, -0.15) is 0 Å². The number of aliphatic hydroxyl groups excluding tert-OH is 1. The summed E-state index contributed by atoms with van der Waals surface area (Å²) in [4.78, 5) is 52.4. The average molecular weight is 620 g/mol. The van der Waals surface area contributed by atoms with Crippen molar-refractivity contribution in [2.75, 3.05) is 7.11 Å². The summed E-state index contributed by atoms with van der Waals surface area (Å²) in [6.07, 6.45) is -0.162. The molecule has 3 rings (SSSR count). The van der Waals surface area contributed by atoms with Crippen LogP contribution in [0, 0.1) is 5.92 Å². The summed E-state index contributed by atoms with van der Waals surface area (Å²) < 4.78 is 10.1. The van der Waals surface area contributed by atoms with Crippen LogP contribution in [0.3, 0.4) is 0 Å². The van der Waals surface area contributed by atoms with E-state index in [0.29, 0.717) is 19.3 Å². The lowest BCUT2D eigenvalue weighted by atomic mass is 9.97. The van der Waals surface area contributed by atoms with Crippen molar-refractivity contribution in [3.63, 3.8) is 0 Å². The second kappa shape index (κ2) is 17.8. The summed E-state index contributed by atoms with van der Waals surface area (Å²) >= 11 is 0. The van der Waals surface area contributed by atoms with Crippen LogP contribution in [-0.2, 0) is 36.9 Å². The number of benzene rings is 3. The Kier molecular flexibility index (Phi) is 13.8. The van der Waals surface area contributed by atoms with E-state index in [1.165, 1.54) is 0 Å². The molecule has 0 heterocycles. The Bertz CT molecular complexity index is 1410. The molecule has 3 aromatic carbocycles. The van der Waals surface area contributed by atoms with Crippen molar-refractivity contribution < 1.29 is 33.8 Å². The summed E-state index contributed by atoms with van der Waals surface area (Å²) in [5.74, 6) is -1.91. The zero-order chi connectivity index (χ0) is 32.8. The fourth-order valence-corrected chi connectivity index (χ4v) is 5.10. The van der Waals surface area contributed by atoms with E-state index in [1.54, 1.807) is 0 Å². The number of esters is 1. The third kappa shape index (κ3) is 10.9. The molecule has 45 heavy (non-hydrogen) atoms. The van der Waals surface area contributed by atoms with Gasteiger partial charge in [0.25, 0.3) is 0 Å². The molecule has 0 aliphatic heterocycles. The molecule has 242 valence electrons. The van der Waals surface area contributed by atoms with Gasteiger partial charge in [-0.25, -0.2) is 9.59 Å². The Balaban J connectivity index is 1.83. The van der Waals surface area contributed by atoms with E-state index in [4.69, 9.17) is 4.74 Å². The maximum Gasteiger partial charge on any atom is 0.408 e. The van der Waals surface area contributed by atoms with Crippen LogP contribution in [0.15, 0.2) is 72.8 Å². The third-order valence-corrected chi connectivity index (χ3v) is 7.48. The number of hydrogen-bond donors (Lipinski definition) is 4. The van der Waals surface area contributed by atoms with Crippen LogP contribution in [0.4, 0.5) is 4.79 Å². The monoisotopic (exact) mass is 619 g/mol. The molecule has 0 aliphatic carbocycles. The number of aliphatic hydroxyl groups is 1. The van der Waals surface area contributed by atoms with Crippen molar-refractivity contribution in [3.05, 3.63) is 83.9 Å². The predicted molar refractivity (Wildman–Crippen MR) is 172 cm³/mol. The van der Waals surface area contributed by atoms with Gasteiger partial charge in [0.2, 0.25) is 11.8 Å². The number of carbonyl (C=O) groups excluding carboxylic acids is 4. The summed E-state index contributed by atoms with van der Waals surface area (Å²) in [6, 6.07) is 19.7. The van der Waals surface area contributed by atoms with E-state index in [9.17, 15) is 24.3 Å². The largest absolute Gasteiger partial charge is 0.467 e. The van der Waals surface area contributed by atoms with Gasteiger partial charge in [-0.3, -0.25) is 9.59 Å². The quantitative estimate of drug-likeness (QED) is 0.174. The highest BCUT2D eigenvalue weighted by molar-refractivity contribution is 5.93. The van der Waals surface area contributed by atoms with Crippen LogP contribution in [0.25, 0.3) is 10.8 Å². The molecule has 0 fully saturated rings. The van der Waals surface area contributed by atoms with E-state index >= 15 is 0 Å². The molecular weight excluding hydrogens is 574 g/mol. The summed E-state index contributed by atoms with van der Waals surface area (Å²) in [5, 5.41) is 20.7. The fourth-order valence-electron chi connectivity index (χ4n) is 5.10. The Labute approximate surface area is 264 Å². The van der Waals surface area contributed by atoms with E-state index in [-0.39, 0.29) is 18.9 Å². The van der Waals surface area contributed by atoms with E-state index in [0.717, 1.165) is 35.4 Å². The van der Waals surface area contributed by atoms with Gasteiger partial charge in [0.1, 0.15) is 18.7 Å². The highest BCUT2D eigenvalue weighted by Gasteiger charge is 2.33. The molecule has 0 spiro atoms. The first-order valence-corrected chi connectivity index (χ1v) is 15.4. The number of hydrogen-bond acceptors (Lipinski definition) is 7. The number of amides is 3. The van der Waals surface area contributed by atoms with Crippen molar-refractivity contribution in [2.24, 2.45) is 5.92 Å².